The zero-order valence-electron chi connectivity index (χ0n) is 8.84. The molecule has 2 N–H and O–H groups in total. The van der Waals surface area contributed by atoms with Crippen molar-refractivity contribution in [3.63, 3.8) is 0 Å². The van der Waals surface area contributed by atoms with Gasteiger partial charge in [0.15, 0.2) is 0 Å². The molecule has 0 saturated heterocycles. The molecule has 0 heterocycles. The van der Waals surface area contributed by atoms with Crippen molar-refractivity contribution < 1.29 is 28.4 Å². The van der Waals surface area contributed by atoms with Crippen molar-refractivity contribution in [1.82, 2.24) is 0 Å². The number of rotatable bonds is 7. The Kier molecular flexibility index (Phi) is 5.81. The minimum Gasteiger partial charge on any atom is -0.303 e. The zero-order valence-corrected chi connectivity index (χ0v) is 9.74. The van der Waals surface area contributed by atoms with Gasteiger partial charge in [-0.25, -0.2) is 9.40 Å². The van der Waals surface area contributed by atoms with Crippen LogP contribution in [0.3, 0.4) is 0 Å². The quantitative estimate of drug-likeness (QED) is 0.287. The second kappa shape index (κ2) is 5.80. The molecule has 0 rings (SSSR count). The third-order valence-corrected chi connectivity index (χ3v) is 2.36. The van der Waals surface area contributed by atoms with Gasteiger partial charge in [0, 0.05) is 6.42 Å². The second-order valence-electron chi connectivity index (χ2n) is 3.51. The van der Waals surface area contributed by atoms with E-state index in [2.05, 4.69) is 4.52 Å². The summed E-state index contributed by atoms with van der Waals surface area (Å²) in [6, 6.07) is 0. The highest BCUT2D eigenvalue weighted by Gasteiger charge is 2.15. The minimum atomic E-state index is -4.29. The van der Waals surface area contributed by atoms with Crippen molar-refractivity contribution in [3.05, 3.63) is 0 Å². The molecule has 0 aromatic rings. The van der Waals surface area contributed by atoms with Crippen molar-refractivity contribution in [1.29, 1.82) is 0 Å². The van der Waals surface area contributed by atoms with Gasteiger partial charge >= 0.3 is 7.82 Å². The van der Waals surface area contributed by atoms with E-state index >= 15 is 0 Å². The lowest BCUT2D eigenvalue weighted by molar-refractivity contribution is -1.07. The van der Waals surface area contributed by atoms with E-state index in [4.69, 9.17) is 14.6 Å². The summed E-state index contributed by atoms with van der Waals surface area (Å²) in [5, 5.41) is 0. The van der Waals surface area contributed by atoms with Crippen LogP contribution in [0.4, 0.5) is 0 Å². The maximum Gasteiger partial charge on any atom is 0.469 e. The highest BCUT2D eigenvalue weighted by atomic mass is 31.2. The Hall–Kier alpha value is 0.0300. The third kappa shape index (κ3) is 8.62. The van der Waals surface area contributed by atoms with Crippen LogP contribution in [0.2, 0.25) is 0 Å². The summed E-state index contributed by atoms with van der Waals surface area (Å²) in [5.41, 5.74) is 0. The molecular formula is C7H19NO5P+. The van der Waals surface area contributed by atoms with Gasteiger partial charge in [-0.05, 0) is 6.42 Å². The average Bonchev–Trinajstić information content (AvgIpc) is 2.01. The summed E-state index contributed by atoms with van der Waals surface area (Å²) in [4.78, 5) is 21.9. The first kappa shape index (κ1) is 14.0. The van der Waals surface area contributed by atoms with Gasteiger partial charge in [0.05, 0.1) is 27.8 Å². The predicted molar refractivity (Wildman–Crippen MR) is 51.2 cm³/mol. The van der Waals surface area contributed by atoms with Crippen LogP contribution in [-0.2, 0) is 13.9 Å². The van der Waals surface area contributed by atoms with Gasteiger partial charge in [-0.1, -0.05) is 0 Å². The second-order valence-corrected chi connectivity index (χ2v) is 4.75. The van der Waals surface area contributed by atoms with Crippen molar-refractivity contribution in [2.45, 2.75) is 12.8 Å². The summed E-state index contributed by atoms with van der Waals surface area (Å²) in [7, 11) is 1.14. The van der Waals surface area contributed by atoms with Crippen LogP contribution in [0.1, 0.15) is 12.8 Å². The molecule has 6 nitrogen and oxygen atoms in total. The molecule has 7 heteroatoms. The number of hydrogen-bond donors (Lipinski definition) is 2. The SMILES string of the molecule is CO[N+](C)(C)CCCCOP(=O)(O)O. The number of hydroxylamine groups is 3. The van der Waals surface area contributed by atoms with Crippen LogP contribution < -0.4 is 0 Å². The monoisotopic (exact) mass is 228 g/mol. The number of phosphoric acid groups is 1. The first-order chi connectivity index (χ1) is 6.27. The lowest BCUT2D eigenvalue weighted by atomic mass is 10.3. The Morgan fingerprint density at radius 3 is 2.29 bits per heavy atom. The molecule has 0 atom stereocenters. The molecule has 0 aromatic carbocycles. The van der Waals surface area contributed by atoms with E-state index in [1.807, 2.05) is 14.1 Å². The number of quaternary nitrogens is 1. The molecule has 0 unspecified atom stereocenters. The summed E-state index contributed by atoms with van der Waals surface area (Å²) < 4.78 is 15.0. The molecule has 0 bridgehead atoms. The molecule has 0 spiro atoms. The molecule has 0 aromatic heterocycles. The number of unbranched alkanes of at least 4 members (excludes halogenated alkanes) is 1. The van der Waals surface area contributed by atoms with Crippen LogP contribution in [0.25, 0.3) is 0 Å². The number of phosphoric ester groups is 1. The van der Waals surface area contributed by atoms with Crippen molar-refractivity contribution in [2.24, 2.45) is 0 Å². The Morgan fingerprint density at radius 1 is 1.29 bits per heavy atom. The molecule has 14 heavy (non-hydrogen) atoms. The first-order valence-electron chi connectivity index (χ1n) is 4.36. The average molecular weight is 228 g/mol. The van der Waals surface area contributed by atoms with E-state index < -0.39 is 7.82 Å². The Balaban J connectivity index is 3.44. The van der Waals surface area contributed by atoms with Gasteiger partial charge in [-0.15, -0.1) is 0 Å². The standard InChI is InChI=1S/C7H18NO5P/c1-8(2,12-3)6-4-5-7-13-14(9,10)11/h4-7H2,1-3H3,(H-,9,10,11)/p+1. The molecular weight excluding hydrogens is 209 g/mol. The predicted octanol–water partition coefficient (Wildman–Crippen LogP) is 0.514. The fourth-order valence-corrected chi connectivity index (χ4v) is 1.24. The maximum absolute atomic E-state index is 10.3. The zero-order chi connectivity index (χ0) is 11.2. The van der Waals surface area contributed by atoms with Gasteiger partial charge in [0.1, 0.15) is 6.54 Å². The Morgan fingerprint density at radius 2 is 1.86 bits per heavy atom. The molecule has 86 valence electrons. The number of hydrogen-bond acceptors (Lipinski definition) is 3. The molecule has 0 aliphatic rings. The number of nitrogens with zero attached hydrogens (tertiary/aromatic N) is 1. The highest BCUT2D eigenvalue weighted by Crippen LogP contribution is 2.35. The van der Waals surface area contributed by atoms with Gasteiger partial charge in [0.25, 0.3) is 0 Å². The topological polar surface area (TPSA) is 76.0 Å². The molecule has 0 saturated carbocycles. The van der Waals surface area contributed by atoms with Crippen molar-refractivity contribution in [2.75, 3.05) is 34.4 Å². The van der Waals surface area contributed by atoms with Crippen molar-refractivity contribution in [3.8, 4) is 0 Å². The van der Waals surface area contributed by atoms with Crippen LogP contribution in [-0.4, -0.2) is 48.8 Å². The maximum atomic E-state index is 10.3. The molecule has 0 fully saturated rings. The summed E-state index contributed by atoms with van der Waals surface area (Å²) in [6.45, 7) is 0.856. The van der Waals surface area contributed by atoms with E-state index in [0.717, 1.165) is 13.0 Å². The van der Waals surface area contributed by atoms with E-state index in [1.165, 1.54) is 0 Å². The smallest absolute Gasteiger partial charge is 0.303 e. The Bertz CT molecular complexity index is 202. The van der Waals surface area contributed by atoms with Crippen LogP contribution >= 0.6 is 7.82 Å². The highest BCUT2D eigenvalue weighted by molar-refractivity contribution is 7.46. The van der Waals surface area contributed by atoms with Crippen molar-refractivity contribution >= 4 is 7.82 Å². The lowest BCUT2D eigenvalue weighted by Gasteiger charge is -2.24. The lowest BCUT2D eigenvalue weighted by Crippen LogP contribution is -2.39. The third-order valence-electron chi connectivity index (χ3n) is 1.84. The van der Waals surface area contributed by atoms with E-state index in [0.29, 0.717) is 11.1 Å². The van der Waals surface area contributed by atoms with E-state index in [-0.39, 0.29) is 6.61 Å². The minimum absolute atomic E-state index is 0.0774. The van der Waals surface area contributed by atoms with E-state index in [1.54, 1.807) is 7.11 Å². The normalized spacial score (nSPS) is 13.2. The van der Waals surface area contributed by atoms with Gasteiger partial charge in [0.2, 0.25) is 0 Å². The van der Waals surface area contributed by atoms with Crippen LogP contribution in [0.15, 0.2) is 0 Å². The fraction of sp³-hybridized carbons (Fsp3) is 1.00. The summed E-state index contributed by atoms with van der Waals surface area (Å²) in [6.07, 6.45) is 1.40. The van der Waals surface area contributed by atoms with Gasteiger partial charge < -0.3 is 9.79 Å². The van der Waals surface area contributed by atoms with Crippen LogP contribution in [0.5, 0.6) is 0 Å². The molecule has 0 aliphatic carbocycles. The van der Waals surface area contributed by atoms with Crippen LogP contribution in [0, 0.1) is 0 Å². The van der Waals surface area contributed by atoms with E-state index in [9.17, 15) is 4.57 Å². The first-order valence-corrected chi connectivity index (χ1v) is 5.89. The largest absolute Gasteiger partial charge is 0.469 e. The summed E-state index contributed by atoms with van der Waals surface area (Å²) >= 11 is 0. The van der Waals surface area contributed by atoms with Gasteiger partial charge in [-0.3, -0.25) is 4.52 Å². The van der Waals surface area contributed by atoms with Gasteiger partial charge in [-0.2, -0.15) is 4.65 Å². The fourth-order valence-electron chi connectivity index (χ4n) is 0.869. The molecule has 0 amide bonds. The molecule has 0 radical (unpaired) electrons. The Labute approximate surface area is 84.2 Å². The summed E-state index contributed by atoms with van der Waals surface area (Å²) in [5.74, 6) is 0. The molecule has 0 aliphatic heterocycles.